The van der Waals surface area contributed by atoms with Gasteiger partial charge in [-0.3, -0.25) is 9.69 Å². The minimum Gasteiger partial charge on any atom is -0.300 e. The molecule has 2 fully saturated rings. The van der Waals surface area contributed by atoms with Crippen LogP contribution in [0.5, 0.6) is 0 Å². The summed E-state index contributed by atoms with van der Waals surface area (Å²) in [4.78, 5) is 13.8. The third kappa shape index (κ3) is 2.81. The van der Waals surface area contributed by atoms with Crippen LogP contribution in [0.3, 0.4) is 0 Å². The Morgan fingerprint density at radius 3 is 2.07 bits per heavy atom. The van der Waals surface area contributed by atoms with E-state index in [4.69, 9.17) is 0 Å². The van der Waals surface area contributed by atoms with E-state index in [-0.39, 0.29) is 0 Å². The van der Waals surface area contributed by atoms with Gasteiger partial charge in [0.2, 0.25) is 0 Å². The van der Waals surface area contributed by atoms with E-state index >= 15 is 0 Å². The third-order valence-electron chi connectivity index (χ3n) is 4.03. The van der Waals surface area contributed by atoms with Crippen LogP contribution in [0.15, 0.2) is 0 Å². The Labute approximate surface area is 93.0 Å². The molecule has 2 atom stereocenters. The Morgan fingerprint density at radius 2 is 1.53 bits per heavy atom. The van der Waals surface area contributed by atoms with Crippen molar-refractivity contribution in [3.63, 3.8) is 0 Å². The number of Topliss-reactive ketones (excluding diaryl/α,β-unsaturated/α-hetero) is 1. The number of nitrogens with zero attached hydrogens (tertiary/aromatic N) is 1. The van der Waals surface area contributed by atoms with Crippen LogP contribution in [0.4, 0.5) is 0 Å². The fraction of sp³-hybridized carbons (Fsp3) is 0.923. The van der Waals surface area contributed by atoms with E-state index in [1.807, 2.05) is 0 Å². The van der Waals surface area contributed by atoms with Crippen LogP contribution in [-0.2, 0) is 4.79 Å². The van der Waals surface area contributed by atoms with Gasteiger partial charge >= 0.3 is 0 Å². The second-order valence-electron chi connectivity index (χ2n) is 5.65. The fourth-order valence-corrected chi connectivity index (χ4v) is 3.34. The topological polar surface area (TPSA) is 20.3 Å². The van der Waals surface area contributed by atoms with Gasteiger partial charge in [-0.2, -0.15) is 0 Å². The smallest absolute Gasteiger partial charge is 0.135 e. The lowest BCUT2D eigenvalue weighted by Crippen LogP contribution is -2.44. The summed E-state index contributed by atoms with van der Waals surface area (Å²) in [5.41, 5.74) is 0. The first-order valence-electron chi connectivity index (χ1n) is 6.41. The molecule has 0 aromatic rings. The minimum absolute atomic E-state index is 0.461. The highest BCUT2D eigenvalue weighted by atomic mass is 16.1. The zero-order chi connectivity index (χ0) is 10.8. The summed E-state index contributed by atoms with van der Waals surface area (Å²) >= 11 is 0. The van der Waals surface area contributed by atoms with Crippen LogP contribution in [0, 0.1) is 11.8 Å². The molecule has 2 heteroatoms. The SMILES string of the molecule is CC1CC(C)CC(N2CCC(=O)CC2)C1. The van der Waals surface area contributed by atoms with Crippen molar-refractivity contribution in [2.45, 2.75) is 52.0 Å². The van der Waals surface area contributed by atoms with E-state index in [2.05, 4.69) is 18.7 Å². The number of piperidine rings is 1. The zero-order valence-electron chi connectivity index (χ0n) is 10.0. The molecule has 1 aliphatic carbocycles. The molecular weight excluding hydrogens is 186 g/mol. The summed E-state index contributed by atoms with van der Waals surface area (Å²) < 4.78 is 0. The van der Waals surface area contributed by atoms with Gasteiger partial charge in [0.1, 0.15) is 5.78 Å². The molecule has 2 unspecified atom stereocenters. The molecule has 15 heavy (non-hydrogen) atoms. The molecule has 2 nitrogen and oxygen atoms in total. The molecule has 0 aromatic carbocycles. The highest BCUT2D eigenvalue weighted by Crippen LogP contribution is 2.32. The monoisotopic (exact) mass is 209 g/mol. The van der Waals surface area contributed by atoms with Crippen molar-refractivity contribution >= 4 is 5.78 Å². The zero-order valence-corrected chi connectivity index (χ0v) is 10.0. The summed E-state index contributed by atoms with van der Waals surface area (Å²) in [5, 5.41) is 0. The second-order valence-corrected chi connectivity index (χ2v) is 5.65. The van der Waals surface area contributed by atoms with Gasteiger partial charge in [0.05, 0.1) is 0 Å². The molecule has 0 bridgehead atoms. The molecule has 1 saturated heterocycles. The molecule has 0 N–H and O–H groups in total. The van der Waals surface area contributed by atoms with Crippen molar-refractivity contribution in [3.8, 4) is 0 Å². The summed E-state index contributed by atoms with van der Waals surface area (Å²) in [6.45, 7) is 6.78. The number of carbonyl (C=O) groups excluding carboxylic acids is 1. The number of rotatable bonds is 1. The maximum atomic E-state index is 11.2. The van der Waals surface area contributed by atoms with Gasteiger partial charge in [-0.15, -0.1) is 0 Å². The van der Waals surface area contributed by atoms with E-state index in [0.717, 1.165) is 43.8 Å². The molecule has 1 aliphatic heterocycles. The summed E-state index contributed by atoms with van der Waals surface area (Å²) in [6.07, 6.45) is 5.67. The largest absolute Gasteiger partial charge is 0.300 e. The highest BCUT2D eigenvalue weighted by Gasteiger charge is 2.30. The molecule has 86 valence electrons. The maximum absolute atomic E-state index is 11.2. The first-order valence-corrected chi connectivity index (χ1v) is 6.41. The standard InChI is InChI=1S/C13H23NO/c1-10-7-11(2)9-12(8-10)14-5-3-13(15)4-6-14/h10-12H,3-9H2,1-2H3. The molecule has 2 aliphatic rings. The first kappa shape index (κ1) is 11.1. The van der Waals surface area contributed by atoms with Gasteiger partial charge < -0.3 is 0 Å². The normalized spacial score (nSPS) is 39.3. The number of hydrogen-bond acceptors (Lipinski definition) is 2. The van der Waals surface area contributed by atoms with Crippen LogP contribution in [0.1, 0.15) is 46.0 Å². The lowest BCUT2D eigenvalue weighted by molar-refractivity contribution is -0.122. The second kappa shape index (κ2) is 4.65. The molecule has 0 spiro atoms. The van der Waals surface area contributed by atoms with Gasteiger partial charge in [-0.05, 0) is 31.1 Å². The number of carbonyl (C=O) groups is 1. The predicted octanol–water partition coefficient (Wildman–Crippen LogP) is 2.48. The Balaban J connectivity index is 1.89. The summed E-state index contributed by atoms with van der Waals surface area (Å²) in [6, 6.07) is 0.761. The van der Waals surface area contributed by atoms with E-state index in [1.54, 1.807) is 0 Å². The van der Waals surface area contributed by atoms with Gasteiger partial charge in [0, 0.05) is 32.0 Å². The van der Waals surface area contributed by atoms with Crippen LogP contribution < -0.4 is 0 Å². The fourth-order valence-electron chi connectivity index (χ4n) is 3.34. The van der Waals surface area contributed by atoms with Crippen LogP contribution in [0.2, 0.25) is 0 Å². The summed E-state index contributed by atoms with van der Waals surface area (Å²) in [5.74, 6) is 2.20. The van der Waals surface area contributed by atoms with Gasteiger partial charge in [-0.25, -0.2) is 0 Å². The van der Waals surface area contributed by atoms with Gasteiger partial charge in [-0.1, -0.05) is 13.8 Å². The third-order valence-corrected chi connectivity index (χ3v) is 4.03. The Hall–Kier alpha value is -0.370. The molecule has 1 saturated carbocycles. The Morgan fingerprint density at radius 1 is 1.00 bits per heavy atom. The van der Waals surface area contributed by atoms with Crippen LogP contribution in [0.25, 0.3) is 0 Å². The van der Waals surface area contributed by atoms with Gasteiger partial charge in [0.25, 0.3) is 0 Å². The first-order chi connectivity index (χ1) is 7.15. The predicted molar refractivity (Wildman–Crippen MR) is 61.8 cm³/mol. The average Bonchev–Trinajstić information content (AvgIpc) is 2.17. The molecule has 0 amide bonds. The van der Waals surface area contributed by atoms with Crippen LogP contribution >= 0.6 is 0 Å². The van der Waals surface area contributed by atoms with Crippen molar-refractivity contribution in [2.75, 3.05) is 13.1 Å². The number of likely N-dealkylation sites (tertiary alicyclic amines) is 1. The minimum atomic E-state index is 0.461. The number of hydrogen-bond donors (Lipinski definition) is 0. The molecule has 0 aromatic heterocycles. The van der Waals surface area contributed by atoms with E-state index in [9.17, 15) is 4.79 Å². The van der Waals surface area contributed by atoms with E-state index < -0.39 is 0 Å². The van der Waals surface area contributed by atoms with E-state index in [1.165, 1.54) is 19.3 Å². The number of ketones is 1. The van der Waals surface area contributed by atoms with Crippen molar-refractivity contribution < 1.29 is 4.79 Å². The van der Waals surface area contributed by atoms with Crippen LogP contribution in [-0.4, -0.2) is 29.8 Å². The Bertz CT molecular complexity index is 219. The quantitative estimate of drug-likeness (QED) is 0.661. The average molecular weight is 209 g/mol. The van der Waals surface area contributed by atoms with Gasteiger partial charge in [0.15, 0.2) is 0 Å². The molecule has 0 radical (unpaired) electrons. The Kier molecular flexibility index (Phi) is 3.45. The maximum Gasteiger partial charge on any atom is 0.135 e. The van der Waals surface area contributed by atoms with Crippen molar-refractivity contribution in [1.29, 1.82) is 0 Å². The van der Waals surface area contributed by atoms with Crippen molar-refractivity contribution in [1.82, 2.24) is 4.90 Å². The lowest BCUT2D eigenvalue weighted by Gasteiger charge is -2.40. The van der Waals surface area contributed by atoms with E-state index in [0.29, 0.717) is 5.78 Å². The summed E-state index contributed by atoms with van der Waals surface area (Å²) in [7, 11) is 0. The molecule has 2 rings (SSSR count). The molecular formula is C13H23NO. The highest BCUT2D eigenvalue weighted by molar-refractivity contribution is 5.79. The van der Waals surface area contributed by atoms with Crippen molar-refractivity contribution in [2.24, 2.45) is 11.8 Å². The lowest BCUT2D eigenvalue weighted by atomic mass is 9.79. The molecule has 1 heterocycles. The van der Waals surface area contributed by atoms with Crippen molar-refractivity contribution in [3.05, 3.63) is 0 Å².